The van der Waals surface area contributed by atoms with Gasteiger partial charge in [0.1, 0.15) is 0 Å². The summed E-state index contributed by atoms with van der Waals surface area (Å²) in [6, 6.07) is 21.8. The predicted molar refractivity (Wildman–Crippen MR) is 97.7 cm³/mol. The summed E-state index contributed by atoms with van der Waals surface area (Å²) in [7, 11) is -4.67. The van der Waals surface area contributed by atoms with E-state index in [-0.39, 0.29) is 0 Å². The fraction of sp³-hybridized carbons (Fsp3) is 0.333. The average Bonchev–Trinajstić information content (AvgIpc) is 3.47. The highest BCUT2D eigenvalue weighted by Gasteiger charge is 2.34. The van der Waals surface area contributed by atoms with Gasteiger partial charge in [0.25, 0.3) is 0 Å². The zero-order valence-corrected chi connectivity index (χ0v) is 14.6. The van der Waals surface area contributed by atoms with Crippen LogP contribution >= 0.6 is 0 Å². The molecule has 0 heterocycles. The molecule has 2 aliphatic rings. The normalized spacial score (nSPS) is 26.4. The van der Waals surface area contributed by atoms with Gasteiger partial charge in [0.2, 0.25) is 0 Å². The van der Waals surface area contributed by atoms with Crippen LogP contribution in [0.25, 0.3) is 0 Å². The minimum Gasteiger partial charge on any atom is -0.327 e. The highest BCUT2D eigenvalue weighted by Crippen LogP contribution is 2.39. The Morgan fingerprint density at radius 1 is 0.720 bits per heavy atom. The third-order valence-corrected chi connectivity index (χ3v) is 4.14. The van der Waals surface area contributed by atoms with Crippen LogP contribution in [0.15, 0.2) is 60.7 Å². The van der Waals surface area contributed by atoms with Gasteiger partial charge >= 0.3 is 10.4 Å². The molecule has 4 atom stereocenters. The minimum atomic E-state index is -4.67. The van der Waals surface area contributed by atoms with Crippen LogP contribution in [0.5, 0.6) is 0 Å². The lowest BCUT2D eigenvalue weighted by Crippen LogP contribution is -2.00. The van der Waals surface area contributed by atoms with Gasteiger partial charge in [0, 0.05) is 23.9 Å². The predicted octanol–water partition coefficient (Wildman–Crippen LogP) is 2.35. The summed E-state index contributed by atoms with van der Waals surface area (Å²) in [6.45, 7) is 0. The number of rotatable bonds is 2. The zero-order valence-electron chi connectivity index (χ0n) is 13.8. The molecular weight excluding hydrogens is 340 g/mol. The molecule has 2 aromatic carbocycles. The van der Waals surface area contributed by atoms with E-state index in [1.807, 2.05) is 12.1 Å². The molecule has 6 nitrogen and oxygen atoms in total. The first-order chi connectivity index (χ1) is 11.8. The van der Waals surface area contributed by atoms with Gasteiger partial charge in [-0.1, -0.05) is 60.7 Å². The van der Waals surface area contributed by atoms with E-state index in [2.05, 4.69) is 48.5 Å². The molecule has 2 fully saturated rings. The molecule has 0 unspecified atom stereocenters. The number of benzene rings is 2. The van der Waals surface area contributed by atoms with E-state index >= 15 is 0 Å². The smallest absolute Gasteiger partial charge is 0.327 e. The van der Waals surface area contributed by atoms with Gasteiger partial charge in [0.15, 0.2) is 0 Å². The van der Waals surface area contributed by atoms with Crippen molar-refractivity contribution >= 4 is 10.4 Å². The van der Waals surface area contributed by atoms with Gasteiger partial charge in [0.05, 0.1) is 0 Å². The van der Waals surface area contributed by atoms with Gasteiger partial charge in [-0.25, -0.2) is 0 Å². The molecule has 2 saturated carbocycles. The molecule has 0 amide bonds. The van der Waals surface area contributed by atoms with Crippen LogP contribution in [0.1, 0.15) is 35.8 Å². The Bertz CT molecular complexity index is 694. The standard InChI is InChI=1S/2C9H11N.H2O4S/c2*10-9-6-8(9)7-4-2-1-3-5-7;1-5(2,3)4/h2*1-5,8-9H,6,10H2;(H2,1,2,3,4)/t2*8-,9+;/m11./s1. The second-order valence-corrected chi connectivity index (χ2v) is 7.18. The highest BCUT2D eigenvalue weighted by atomic mass is 32.3. The van der Waals surface area contributed by atoms with Crippen molar-refractivity contribution in [1.29, 1.82) is 0 Å². The third kappa shape index (κ3) is 7.76. The van der Waals surface area contributed by atoms with Crippen LogP contribution in [-0.4, -0.2) is 29.6 Å². The van der Waals surface area contributed by atoms with E-state index in [4.69, 9.17) is 29.0 Å². The Morgan fingerprint density at radius 3 is 1.16 bits per heavy atom. The fourth-order valence-electron chi connectivity index (χ4n) is 2.60. The van der Waals surface area contributed by atoms with E-state index in [1.54, 1.807) is 0 Å². The van der Waals surface area contributed by atoms with E-state index in [0.29, 0.717) is 23.9 Å². The van der Waals surface area contributed by atoms with Crippen molar-refractivity contribution in [3.05, 3.63) is 71.8 Å². The Morgan fingerprint density at radius 2 is 0.960 bits per heavy atom. The van der Waals surface area contributed by atoms with Crippen LogP contribution in [0.3, 0.4) is 0 Å². The van der Waals surface area contributed by atoms with Crippen LogP contribution in [0.2, 0.25) is 0 Å². The summed E-state index contributed by atoms with van der Waals surface area (Å²) in [4.78, 5) is 0. The van der Waals surface area contributed by atoms with Crippen molar-refractivity contribution in [3.8, 4) is 0 Å². The molecule has 6 N–H and O–H groups in total. The van der Waals surface area contributed by atoms with Crippen molar-refractivity contribution < 1.29 is 17.5 Å². The van der Waals surface area contributed by atoms with Gasteiger partial charge in [-0.3, -0.25) is 9.11 Å². The molecule has 0 spiro atoms. The van der Waals surface area contributed by atoms with Gasteiger partial charge < -0.3 is 11.5 Å². The highest BCUT2D eigenvalue weighted by molar-refractivity contribution is 7.79. The van der Waals surface area contributed by atoms with E-state index < -0.39 is 10.4 Å². The van der Waals surface area contributed by atoms with E-state index in [1.165, 1.54) is 24.0 Å². The zero-order chi connectivity index (χ0) is 18.4. The van der Waals surface area contributed by atoms with E-state index in [9.17, 15) is 0 Å². The summed E-state index contributed by atoms with van der Waals surface area (Å²) in [5.74, 6) is 1.31. The maximum Gasteiger partial charge on any atom is 0.394 e. The Labute approximate surface area is 148 Å². The topological polar surface area (TPSA) is 127 Å². The maximum atomic E-state index is 8.74. The minimum absolute atomic E-state index is 0.433. The second kappa shape index (κ2) is 8.55. The van der Waals surface area contributed by atoms with Crippen molar-refractivity contribution in [3.63, 3.8) is 0 Å². The largest absolute Gasteiger partial charge is 0.394 e. The SMILES string of the molecule is N[C@H]1C[C@@H]1c1ccccc1.N[C@H]1C[C@@H]1c1ccccc1.O=S(=O)(O)O. The monoisotopic (exact) mass is 364 g/mol. The molecule has 0 radical (unpaired) electrons. The van der Waals surface area contributed by atoms with Crippen LogP contribution in [0, 0.1) is 0 Å². The lowest BCUT2D eigenvalue weighted by Gasteiger charge is -1.94. The number of hydrogen-bond donors (Lipinski definition) is 4. The first kappa shape index (κ1) is 19.6. The molecule has 2 aromatic rings. The van der Waals surface area contributed by atoms with Crippen LogP contribution in [0.4, 0.5) is 0 Å². The van der Waals surface area contributed by atoms with Crippen LogP contribution < -0.4 is 11.5 Å². The molecule has 4 rings (SSSR count). The van der Waals surface area contributed by atoms with Crippen molar-refractivity contribution in [2.45, 2.75) is 36.8 Å². The lowest BCUT2D eigenvalue weighted by atomic mass is 10.1. The number of nitrogens with two attached hydrogens (primary N) is 2. The number of hydrogen-bond acceptors (Lipinski definition) is 4. The van der Waals surface area contributed by atoms with Crippen molar-refractivity contribution in [2.75, 3.05) is 0 Å². The summed E-state index contributed by atoms with van der Waals surface area (Å²) in [5, 5.41) is 0. The quantitative estimate of drug-likeness (QED) is 0.606. The van der Waals surface area contributed by atoms with Crippen molar-refractivity contribution in [2.24, 2.45) is 11.5 Å². The molecule has 0 bridgehead atoms. The summed E-state index contributed by atoms with van der Waals surface area (Å²) >= 11 is 0. The molecular formula is C18H24N2O4S. The van der Waals surface area contributed by atoms with E-state index in [0.717, 1.165) is 0 Å². The molecule has 2 aliphatic carbocycles. The summed E-state index contributed by atoms with van der Waals surface area (Å²) < 4.78 is 31.6. The lowest BCUT2D eigenvalue weighted by molar-refractivity contribution is 0.381. The maximum absolute atomic E-state index is 8.74. The molecule has 25 heavy (non-hydrogen) atoms. The average molecular weight is 364 g/mol. The molecule has 0 aliphatic heterocycles. The molecule has 7 heteroatoms. The Balaban J connectivity index is 0.000000144. The second-order valence-electron chi connectivity index (χ2n) is 6.28. The molecule has 136 valence electrons. The molecule has 0 saturated heterocycles. The molecule has 0 aromatic heterocycles. The van der Waals surface area contributed by atoms with Crippen molar-refractivity contribution in [1.82, 2.24) is 0 Å². The summed E-state index contributed by atoms with van der Waals surface area (Å²) in [6.07, 6.45) is 2.34. The Hall–Kier alpha value is -1.77. The third-order valence-electron chi connectivity index (χ3n) is 4.14. The van der Waals surface area contributed by atoms with Gasteiger partial charge in [-0.05, 0) is 24.0 Å². The summed E-state index contributed by atoms with van der Waals surface area (Å²) in [5.41, 5.74) is 14.2. The fourth-order valence-corrected chi connectivity index (χ4v) is 2.60. The van der Waals surface area contributed by atoms with Gasteiger partial charge in [-0.15, -0.1) is 0 Å². The first-order valence-electron chi connectivity index (χ1n) is 8.06. The van der Waals surface area contributed by atoms with Gasteiger partial charge in [-0.2, -0.15) is 8.42 Å². The first-order valence-corrected chi connectivity index (χ1v) is 9.46. The van der Waals surface area contributed by atoms with Crippen LogP contribution in [-0.2, 0) is 10.4 Å². The Kier molecular flexibility index (Phi) is 6.69.